The van der Waals surface area contributed by atoms with Crippen molar-refractivity contribution >= 4 is 15.9 Å². The van der Waals surface area contributed by atoms with E-state index in [1.807, 2.05) is 37.3 Å². The van der Waals surface area contributed by atoms with Gasteiger partial charge < -0.3 is 14.8 Å². The quantitative estimate of drug-likeness (QED) is 0.727. The summed E-state index contributed by atoms with van der Waals surface area (Å²) >= 11 is 0. The fourth-order valence-corrected chi connectivity index (χ4v) is 5.18. The molecule has 8 heteroatoms. The number of sulfonamides is 1. The normalized spacial score (nSPS) is 16.6. The molecule has 2 aromatic rings. The molecule has 0 aromatic heterocycles. The number of carbonyl (C=O) groups is 1. The van der Waals surface area contributed by atoms with E-state index in [1.54, 1.807) is 12.1 Å². The van der Waals surface area contributed by atoms with Crippen molar-refractivity contribution in [1.29, 1.82) is 0 Å². The van der Waals surface area contributed by atoms with Gasteiger partial charge in [-0.25, -0.2) is 8.42 Å². The first-order chi connectivity index (χ1) is 14.3. The molecular weight excluding hydrogens is 404 g/mol. The minimum atomic E-state index is -3.77. The summed E-state index contributed by atoms with van der Waals surface area (Å²) in [6, 6.07) is 14.4. The Morgan fingerprint density at radius 1 is 1.07 bits per heavy atom. The molecule has 0 bridgehead atoms. The lowest BCUT2D eigenvalue weighted by Crippen LogP contribution is -2.48. The Balaban J connectivity index is 1.69. The molecule has 1 amide bonds. The monoisotopic (exact) mass is 432 g/mol. The molecule has 1 N–H and O–H groups in total. The van der Waals surface area contributed by atoms with Crippen molar-refractivity contribution < 1.29 is 22.7 Å². The number of amides is 1. The van der Waals surface area contributed by atoms with Crippen molar-refractivity contribution in [3.63, 3.8) is 0 Å². The second-order valence-corrected chi connectivity index (χ2v) is 9.56. The van der Waals surface area contributed by atoms with Crippen molar-refractivity contribution in [3.8, 4) is 11.5 Å². The Morgan fingerprint density at radius 2 is 1.73 bits per heavy atom. The first-order valence-electron chi connectivity index (χ1n) is 9.84. The third-order valence-electron chi connectivity index (χ3n) is 5.66. The van der Waals surface area contributed by atoms with Crippen LogP contribution in [-0.4, -0.2) is 45.9 Å². The maximum atomic E-state index is 13.2. The smallest absolute Gasteiger partial charge is 0.246 e. The van der Waals surface area contributed by atoms with Crippen LogP contribution in [-0.2, 0) is 21.4 Å². The molecular formula is C22H28N2O5S. The lowest BCUT2D eigenvalue weighted by Gasteiger charge is -2.37. The Bertz CT molecular complexity index is 984. The first-order valence-corrected chi connectivity index (χ1v) is 11.3. The minimum absolute atomic E-state index is 0.0534. The lowest BCUT2D eigenvalue weighted by atomic mass is 9.80. The summed E-state index contributed by atoms with van der Waals surface area (Å²) < 4.78 is 38.3. The molecule has 1 aliphatic heterocycles. The summed E-state index contributed by atoms with van der Waals surface area (Å²) in [5, 5.41) is 2.98. The van der Waals surface area contributed by atoms with Gasteiger partial charge in [0.2, 0.25) is 15.9 Å². The second kappa shape index (κ2) is 9.06. The predicted molar refractivity (Wildman–Crippen MR) is 114 cm³/mol. The highest BCUT2D eigenvalue weighted by molar-refractivity contribution is 7.89. The third-order valence-corrected chi connectivity index (χ3v) is 7.58. The van der Waals surface area contributed by atoms with Crippen molar-refractivity contribution in [2.45, 2.75) is 31.2 Å². The van der Waals surface area contributed by atoms with E-state index in [0.717, 1.165) is 5.56 Å². The minimum Gasteiger partial charge on any atom is -0.497 e. The van der Waals surface area contributed by atoms with E-state index >= 15 is 0 Å². The number of hydrogen-bond acceptors (Lipinski definition) is 5. The van der Waals surface area contributed by atoms with Crippen LogP contribution in [0.4, 0.5) is 0 Å². The summed E-state index contributed by atoms with van der Waals surface area (Å²) in [4.78, 5) is 12.9. The zero-order valence-electron chi connectivity index (χ0n) is 17.6. The van der Waals surface area contributed by atoms with Crippen LogP contribution in [0.3, 0.4) is 0 Å². The number of carbonyl (C=O) groups excluding carboxylic acids is 1. The van der Waals surface area contributed by atoms with Gasteiger partial charge in [0.1, 0.15) is 16.4 Å². The Labute approximate surface area is 178 Å². The molecule has 0 aliphatic carbocycles. The number of nitrogens with one attached hydrogen (secondary N) is 1. The molecule has 0 atom stereocenters. The van der Waals surface area contributed by atoms with Crippen LogP contribution < -0.4 is 14.8 Å². The van der Waals surface area contributed by atoms with Crippen LogP contribution in [0.1, 0.15) is 25.3 Å². The van der Waals surface area contributed by atoms with Gasteiger partial charge in [0.25, 0.3) is 0 Å². The van der Waals surface area contributed by atoms with Gasteiger partial charge in [-0.3, -0.25) is 4.79 Å². The fourth-order valence-electron chi connectivity index (χ4n) is 3.56. The van der Waals surface area contributed by atoms with E-state index in [0.29, 0.717) is 25.1 Å². The Kier molecular flexibility index (Phi) is 6.67. The zero-order chi connectivity index (χ0) is 21.8. The Hall–Kier alpha value is -2.58. The van der Waals surface area contributed by atoms with E-state index in [1.165, 1.54) is 24.6 Å². The summed E-state index contributed by atoms with van der Waals surface area (Å²) in [5.41, 5.74) is 0.416. The number of methoxy groups -OCH3 is 2. The summed E-state index contributed by atoms with van der Waals surface area (Å²) in [6.07, 6.45) is 0.887. The molecule has 0 spiro atoms. The van der Waals surface area contributed by atoms with Gasteiger partial charge in [0.15, 0.2) is 0 Å². The summed E-state index contributed by atoms with van der Waals surface area (Å²) in [7, 11) is -0.852. The number of nitrogens with zero attached hydrogens (tertiary/aromatic N) is 1. The second-order valence-electron chi connectivity index (χ2n) is 7.65. The van der Waals surface area contributed by atoms with Gasteiger partial charge in [-0.2, -0.15) is 4.31 Å². The van der Waals surface area contributed by atoms with E-state index in [-0.39, 0.29) is 29.6 Å². The molecule has 1 aliphatic rings. The van der Waals surface area contributed by atoms with Gasteiger partial charge in [-0.15, -0.1) is 0 Å². The van der Waals surface area contributed by atoms with Crippen LogP contribution in [0.2, 0.25) is 0 Å². The molecule has 1 heterocycles. The largest absolute Gasteiger partial charge is 0.497 e. The topological polar surface area (TPSA) is 84.9 Å². The standard InChI is InChI=1S/C22H28N2O5S/c1-22(21(25)23-16-17-7-5-4-6-8-17)11-13-24(14-12-22)30(26,27)20-15-18(28-2)9-10-19(20)29-3/h4-10,15H,11-14,16H2,1-3H3,(H,23,25). The summed E-state index contributed by atoms with van der Waals surface area (Å²) in [6.45, 7) is 2.87. The van der Waals surface area contributed by atoms with Gasteiger partial charge in [0, 0.05) is 31.1 Å². The number of rotatable bonds is 7. The highest BCUT2D eigenvalue weighted by Gasteiger charge is 2.40. The Morgan fingerprint density at radius 3 is 2.33 bits per heavy atom. The van der Waals surface area contributed by atoms with Crippen LogP contribution in [0.25, 0.3) is 0 Å². The van der Waals surface area contributed by atoms with E-state index in [9.17, 15) is 13.2 Å². The first kappa shape index (κ1) is 22.1. The average molecular weight is 433 g/mol. The number of benzene rings is 2. The zero-order valence-corrected chi connectivity index (χ0v) is 18.4. The summed E-state index contributed by atoms with van der Waals surface area (Å²) in [5.74, 6) is 0.656. The predicted octanol–water partition coefficient (Wildman–Crippen LogP) is 2.81. The molecule has 2 aromatic carbocycles. The maximum absolute atomic E-state index is 13.2. The lowest BCUT2D eigenvalue weighted by molar-refractivity contribution is -0.132. The van der Waals surface area contributed by atoms with Crippen LogP contribution in [0, 0.1) is 5.41 Å². The molecule has 0 radical (unpaired) electrons. The third kappa shape index (κ3) is 4.60. The molecule has 1 fully saturated rings. The molecule has 30 heavy (non-hydrogen) atoms. The van der Waals surface area contributed by atoms with E-state index in [2.05, 4.69) is 5.32 Å². The van der Waals surface area contributed by atoms with Gasteiger partial charge >= 0.3 is 0 Å². The van der Waals surface area contributed by atoms with Gasteiger partial charge in [-0.05, 0) is 30.5 Å². The van der Waals surface area contributed by atoms with Crippen LogP contribution in [0.15, 0.2) is 53.4 Å². The van der Waals surface area contributed by atoms with Gasteiger partial charge in [0.05, 0.1) is 14.2 Å². The van der Waals surface area contributed by atoms with E-state index < -0.39 is 15.4 Å². The fraction of sp³-hybridized carbons (Fsp3) is 0.409. The molecule has 3 rings (SSSR count). The molecule has 0 unspecified atom stereocenters. The van der Waals surface area contributed by atoms with Crippen molar-refractivity contribution in [1.82, 2.24) is 9.62 Å². The van der Waals surface area contributed by atoms with Crippen molar-refractivity contribution in [2.75, 3.05) is 27.3 Å². The van der Waals surface area contributed by atoms with Crippen molar-refractivity contribution in [3.05, 3.63) is 54.1 Å². The number of piperidine rings is 1. The van der Waals surface area contributed by atoms with Gasteiger partial charge in [-0.1, -0.05) is 37.3 Å². The van der Waals surface area contributed by atoms with Crippen LogP contribution >= 0.6 is 0 Å². The molecule has 7 nitrogen and oxygen atoms in total. The van der Waals surface area contributed by atoms with E-state index in [4.69, 9.17) is 9.47 Å². The molecule has 0 saturated carbocycles. The SMILES string of the molecule is COc1ccc(OC)c(S(=O)(=O)N2CCC(C)(C(=O)NCc3ccccc3)CC2)c1. The number of hydrogen-bond donors (Lipinski definition) is 1. The average Bonchev–Trinajstić information content (AvgIpc) is 2.77. The highest BCUT2D eigenvalue weighted by atomic mass is 32.2. The number of ether oxygens (including phenoxy) is 2. The van der Waals surface area contributed by atoms with Crippen LogP contribution in [0.5, 0.6) is 11.5 Å². The highest BCUT2D eigenvalue weighted by Crippen LogP contribution is 2.36. The maximum Gasteiger partial charge on any atom is 0.246 e. The molecule has 162 valence electrons. The molecule has 1 saturated heterocycles. The van der Waals surface area contributed by atoms with Crippen molar-refractivity contribution in [2.24, 2.45) is 5.41 Å².